The van der Waals surface area contributed by atoms with Crippen LogP contribution >= 0.6 is 0 Å². The molecule has 0 aromatic heterocycles. The van der Waals surface area contributed by atoms with Crippen LogP contribution in [0.2, 0.25) is 0 Å². The molecule has 0 aliphatic rings. The van der Waals surface area contributed by atoms with Crippen LogP contribution in [-0.4, -0.2) is 28.2 Å². The second kappa shape index (κ2) is 12.5. The van der Waals surface area contributed by atoms with Crippen LogP contribution in [0.15, 0.2) is 0 Å². The maximum Gasteiger partial charge on any atom is 0.151 e. The van der Waals surface area contributed by atoms with Crippen molar-refractivity contribution in [2.24, 2.45) is 0 Å². The Balaban J connectivity index is 0. The molecule has 3 N–H and O–H groups in total. The highest BCUT2D eigenvalue weighted by Crippen LogP contribution is 1.88. The number of unbranched alkanes of at least 4 members (excludes halogenated alkanes) is 1. The molecule has 0 unspecified atom stereocenters. The predicted octanol–water partition coefficient (Wildman–Crippen LogP) is 0.876. The molecule has 0 spiro atoms. The first-order valence-electron chi connectivity index (χ1n) is 4.16. The molecule has 0 rings (SSSR count). The Labute approximate surface area is 68.7 Å². The zero-order valence-corrected chi connectivity index (χ0v) is 7.45. The van der Waals surface area contributed by atoms with Gasteiger partial charge in [0.25, 0.3) is 0 Å². The van der Waals surface area contributed by atoms with Gasteiger partial charge in [-0.05, 0) is 12.8 Å². The molecule has 0 aliphatic heterocycles. The van der Waals surface area contributed by atoms with E-state index in [9.17, 15) is 0 Å². The third-order valence-corrected chi connectivity index (χ3v) is 1.06. The first-order chi connectivity index (χ1) is 5.18. The summed E-state index contributed by atoms with van der Waals surface area (Å²) in [7, 11) is 0. The SMILES string of the molecule is CCCC(O)O.CCCCO. The largest absolute Gasteiger partial charge is 0.396 e. The summed E-state index contributed by atoms with van der Waals surface area (Å²) in [4.78, 5) is 0. The Morgan fingerprint density at radius 2 is 1.64 bits per heavy atom. The highest BCUT2D eigenvalue weighted by molar-refractivity contribution is 4.31. The van der Waals surface area contributed by atoms with Crippen LogP contribution in [0.3, 0.4) is 0 Å². The number of aliphatic hydroxyl groups is 3. The van der Waals surface area contributed by atoms with Crippen LogP contribution in [0.5, 0.6) is 0 Å². The molecule has 0 heterocycles. The fourth-order valence-corrected chi connectivity index (χ4v) is 0.416. The second-order valence-corrected chi connectivity index (χ2v) is 2.35. The topological polar surface area (TPSA) is 60.7 Å². The zero-order chi connectivity index (χ0) is 9.11. The molecule has 0 fully saturated rings. The fourth-order valence-electron chi connectivity index (χ4n) is 0.416. The molecule has 0 saturated carbocycles. The first kappa shape index (κ1) is 13.5. The average Bonchev–Trinajstić information content (AvgIpc) is 1.90. The normalized spacial score (nSPS) is 9.27. The Hall–Kier alpha value is -0.120. The summed E-state index contributed by atoms with van der Waals surface area (Å²) in [5.41, 5.74) is 0. The van der Waals surface area contributed by atoms with Crippen molar-refractivity contribution in [3.05, 3.63) is 0 Å². The Kier molecular flexibility index (Phi) is 15.4. The van der Waals surface area contributed by atoms with E-state index < -0.39 is 6.29 Å². The van der Waals surface area contributed by atoms with Crippen LogP contribution in [-0.2, 0) is 0 Å². The highest BCUT2D eigenvalue weighted by atomic mass is 16.5. The maximum absolute atomic E-state index is 8.11. The molecular formula is C8H20O3. The lowest BCUT2D eigenvalue weighted by Gasteiger charge is -1.94. The molecule has 0 aliphatic carbocycles. The van der Waals surface area contributed by atoms with E-state index in [1.807, 2.05) is 6.92 Å². The maximum atomic E-state index is 8.11. The van der Waals surface area contributed by atoms with E-state index in [-0.39, 0.29) is 0 Å². The van der Waals surface area contributed by atoms with Crippen molar-refractivity contribution in [3.63, 3.8) is 0 Å². The summed E-state index contributed by atoms with van der Waals surface area (Å²) >= 11 is 0. The molecule has 3 heteroatoms. The van der Waals surface area contributed by atoms with Gasteiger partial charge in [-0.2, -0.15) is 0 Å². The molecule has 0 amide bonds. The summed E-state index contributed by atoms with van der Waals surface area (Å²) in [6.07, 6.45) is 2.25. The fraction of sp³-hybridized carbons (Fsp3) is 1.00. The molecule has 0 atom stereocenters. The molecule has 11 heavy (non-hydrogen) atoms. The summed E-state index contributed by atoms with van der Waals surface area (Å²) in [5.74, 6) is 0. The van der Waals surface area contributed by atoms with Gasteiger partial charge in [-0.25, -0.2) is 0 Å². The summed E-state index contributed by atoms with van der Waals surface area (Å²) < 4.78 is 0. The quantitative estimate of drug-likeness (QED) is 0.540. The van der Waals surface area contributed by atoms with Gasteiger partial charge in [-0.1, -0.05) is 26.7 Å². The van der Waals surface area contributed by atoms with Gasteiger partial charge in [0.1, 0.15) is 0 Å². The van der Waals surface area contributed by atoms with Gasteiger partial charge >= 0.3 is 0 Å². The number of rotatable bonds is 4. The van der Waals surface area contributed by atoms with Crippen molar-refractivity contribution in [1.29, 1.82) is 0 Å². The van der Waals surface area contributed by atoms with Gasteiger partial charge in [0.05, 0.1) is 0 Å². The van der Waals surface area contributed by atoms with Crippen LogP contribution in [0.4, 0.5) is 0 Å². The molecule has 0 saturated heterocycles. The van der Waals surface area contributed by atoms with Gasteiger partial charge in [-0.15, -0.1) is 0 Å². The van der Waals surface area contributed by atoms with E-state index >= 15 is 0 Å². The molecule has 3 nitrogen and oxygen atoms in total. The average molecular weight is 164 g/mol. The van der Waals surface area contributed by atoms with Crippen molar-refractivity contribution in [1.82, 2.24) is 0 Å². The lowest BCUT2D eigenvalue weighted by molar-refractivity contribution is -0.0453. The number of aliphatic hydroxyl groups excluding tert-OH is 2. The minimum atomic E-state index is -1.10. The third-order valence-electron chi connectivity index (χ3n) is 1.06. The summed E-state index contributed by atoms with van der Waals surface area (Å²) in [5, 5.41) is 24.3. The van der Waals surface area contributed by atoms with Gasteiger partial charge in [-0.3, -0.25) is 0 Å². The Bertz CT molecular complexity index is 53.3. The lowest BCUT2D eigenvalue weighted by Crippen LogP contribution is -2.01. The molecule has 0 aromatic carbocycles. The Morgan fingerprint density at radius 3 is 1.64 bits per heavy atom. The molecule has 0 radical (unpaired) electrons. The number of hydrogen-bond donors (Lipinski definition) is 3. The monoisotopic (exact) mass is 164 g/mol. The van der Waals surface area contributed by atoms with E-state index in [1.165, 1.54) is 0 Å². The smallest absolute Gasteiger partial charge is 0.151 e. The van der Waals surface area contributed by atoms with Crippen molar-refractivity contribution < 1.29 is 15.3 Å². The van der Waals surface area contributed by atoms with Gasteiger partial charge < -0.3 is 15.3 Å². The number of hydrogen-bond acceptors (Lipinski definition) is 3. The van der Waals surface area contributed by atoms with Crippen molar-refractivity contribution in [2.75, 3.05) is 6.61 Å². The van der Waals surface area contributed by atoms with Crippen LogP contribution in [0.25, 0.3) is 0 Å². The van der Waals surface area contributed by atoms with Gasteiger partial charge in [0.15, 0.2) is 6.29 Å². The standard InChI is InChI=1S/C4H10O2.C4H10O/c1-2-3-4(5)6;1-2-3-4-5/h4-6H,2-3H2,1H3;5H,2-4H2,1H3. The zero-order valence-electron chi connectivity index (χ0n) is 7.45. The molecule has 0 aromatic rings. The van der Waals surface area contributed by atoms with Gasteiger partial charge in [0.2, 0.25) is 0 Å². The van der Waals surface area contributed by atoms with E-state index in [2.05, 4.69) is 6.92 Å². The van der Waals surface area contributed by atoms with Crippen LogP contribution in [0.1, 0.15) is 39.5 Å². The minimum absolute atomic E-state index is 0.344. The van der Waals surface area contributed by atoms with E-state index in [4.69, 9.17) is 15.3 Å². The predicted molar refractivity (Wildman–Crippen MR) is 45.1 cm³/mol. The van der Waals surface area contributed by atoms with Crippen molar-refractivity contribution >= 4 is 0 Å². The molecular weight excluding hydrogens is 144 g/mol. The summed E-state index contributed by atoms with van der Waals surface area (Å²) in [6, 6.07) is 0. The van der Waals surface area contributed by atoms with E-state index in [0.717, 1.165) is 19.3 Å². The lowest BCUT2D eigenvalue weighted by atomic mass is 10.3. The second-order valence-electron chi connectivity index (χ2n) is 2.35. The summed E-state index contributed by atoms with van der Waals surface area (Å²) in [6.45, 7) is 4.30. The van der Waals surface area contributed by atoms with E-state index in [0.29, 0.717) is 13.0 Å². The highest BCUT2D eigenvalue weighted by Gasteiger charge is 1.89. The van der Waals surface area contributed by atoms with Crippen molar-refractivity contribution in [2.45, 2.75) is 45.8 Å². The molecule has 70 valence electrons. The molecule has 0 bridgehead atoms. The first-order valence-corrected chi connectivity index (χ1v) is 4.16. The minimum Gasteiger partial charge on any atom is -0.396 e. The Morgan fingerprint density at radius 1 is 1.09 bits per heavy atom. The third kappa shape index (κ3) is 25.8. The van der Waals surface area contributed by atoms with E-state index in [1.54, 1.807) is 0 Å². The van der Waals surface area contributed by atoms with Crippen LogP contribution in [0, 0.1) is 0 Å². The van der Waals surface area contributed by atoms with Crippen LogP contribution < -0.4 is 0 Å². The van der Waals surface area contributed by atoms with Crippen molar-refractivity contribution in [3.8, 4) is 0 Å². The van der Waals surface area contributed by atoms with Gasteiger partial charge in [0, 0.05) is 6.61 Å².